The number of fused-ring (bicyclic) bond motifs is 1. The molecule has 0 aromatic carbocycles. The molecule has 2 unspecified atom stereocenters. The van der Waals surface area contributed by atoms with Gasteiger partial charge in [-0.05, 0) is 19.3 Å². The summed E-state index contributed by atoms with van der Waals surface area (Å²) in [6.07, 6.45) is 3.32. The molecule has 1 aliphatic heterocycles. The van der Waals surface area contributed by atoms with Gasteiger partial charge in [-0.25, -0.2) is 0 Å². The zero-order valence-corrected chi connectivity index (χ0v) is 7.82. The van der Waals surface area contributed by atoms with Crippen molar-refractivity contribution in [2.24, 2.45) is 0 Å². The Labute approximate surface area is 76.8 Å². The SMILES string of the molecule is C=C1CCC2SCC(=O)NC2C1. The Morgan fingerprint density at radius 1 is 1.58 bits per heavy atom. The molecule has 0 bridgehead atoms. The first-order valence-electron chi connectivity index (χ1n) is 4.33. The molecule has 0 aromatic rings. The third kappa shape index (κ3) is 1.51. The van der Waals surface area contributed by atoms with Gasteiger partial charge in [0.2, 0.25) is 5.91 Å². The number of carbonyl (C=O) groups excluding carboxylic acids is 1. The van der Waals surface area contributed by atoms with Crippen molar-refractivity contribution in [3.05, 3.63) is 12.2 Å². The van der Waals surface area contributed by atoms with Gasteiger partial charge in [-0.2, -0.15) is 0 Å². The van der Waals surface area contributed by atoms with E-state index >= 15 is 0 Å². The summed E-state index contributed by atoms with van der Waals surface area (Å²) in [5.74, 6) is 0.837. The highest BCUT2D eigenvalue weighted by molar-refractivity contribution is 8.00. The van der Waals surface area contributed by atoms with Crippen LogP contribution in [0.5, 0.6) is 0 Å². The normalized spacial score (nSPS) is 35.7. The lowest BCUT2D eigenvalue weighted by Crippen LogP contribution is -2.49. The molecule has 2 aliphatic rings. The summed E-state index contributed by atoms with van der Waals surface area (Å²) in [7, 11) is 0. The van der Waals surface area contributed by atoms with Crippen LogP contribution in [0, 0.1) is 0 Å². The highest BCUT2D eigenvalue weighted by Gasteiger charge is 2.32. The zero-order chi connectivity index (χ0) is 8.55. The molecule has 66 valence electrons. The van der Waals surface area contributed by atoms with Gasteiger partial charge in [-0.1, -0.05) is 12.2 Å². The van der Waals surface area contributed by atoms with E-state index in [1.54, 1.807) is 11.8 Å². The summed E-state index contributed by atoms with van der Waals surface area (Å²) in [5.41, 5.74) is 1.29. The van der Waals surface area contributed by atoms with Gasteiger partial charge in [-0.3, -0.25) is 4.79 Å². The fourth-order valence-corrected chi connectivity index (χ4v) is 3.00. The average Bonchev–Trinajstić information content (AvgIpc) is 2.03. The van der Waals surface area contributed by atoms with Crippen LogP contribution in [0.25, 0.3) is 0 Å². The van der Waals surface area contributed by atoms with Gasteiger partial charge >= 0.3 is 0 Å². The predicted octanol–water partition coefficient (Wildman–Crippen LogP) is 1.33. The largest absolute Gasteiger partial charge is 0.351 e. The van der Waals surface area contributed by atoms with Gasteiger partial charge in [0.25, 0.3) is 0 Å². The number of thioether (sulfide) groups is 1. The van der Waals surface area contributed by atoms with Crippen molar-refractivity contribution >= 4 is 17.7 Å². The van der Waals surface area contributed by atoms with Crippen LogP contribution in [0.2, 0.25) is 0 Å². The maximum atomic E-state index is 11.1. The molecule has 0 radical (unpaired) electrons. The van der Waals surface area contributed by atoms with Crippen molar-refractivity contribution in [2.45, 2.75) is 30.6 Å². The Morgan fingerprint density at radius 3 is 3.25 bits per heavy atom. The molecule has 1 aliphatic carbocycles. The Hall–Kier alpha value is -0.440. The summed E-state index contributed by atoms with van der Waals surface area (Å²) in [5, 5.41) is 3.67. The quantitative estimate of drug-likeness (QED) is 0.574. The van der Waals surface area contributed by atoms with Gasteiger partial charge in [-0.15, -0.1) is 11.8 Å². The van der Waals surface area contributed by atoms with Crippen LogP contribution in [0.15, 0.2) is 12.2 Å². The van der Waals surface area contributed by atoms with E-state index in [0.717, 1.165) is 12.8 Å². The second kappa shape index (κ2) is 3.13. The molecule has 3 heteroatoms. The summed E-state index contributed by atoms with van der Waals surface area (Å²) in [6.45, 7) is 3.97. The predicted molar refractivity (Wildman–Crippen MR) is 51.2 cm³/mol. The zero-order valence-electron chi connectivity index (χ0n) is 7.01. The molecule has 2 nitrogen and oxygen atoms in total. The second-order valence-corrected chi connectivity index (χ2v) is 4.74. The first-order chi connectivity index (χ1) is 5.75. The van der Waals surface area contributed by atoms with Crippen molar-refractivity contribution in [3.63, 3.8) is 0 Å². The molecule has 2 atom stereocenters. The molecular weight excluding hydrogens is 170 g/mol. The van der Waals surface area contributed by atoms with Gasteiger partial charge in [0, 0.05) is 11.3 Å². The van der Waals surface area contributed by atoms with Crippen LogP contribution in [-0.2, 0) is 4.79 Å². The van der Waals surface area contributed by atoms with Crippen LogP contribution in [-0.4, -0.2) is 23.0 Å². The van der Waals surface area contributed by atoms with Crippen LogP contribution in [0.4, 0.5) is 0 Å². The molecule has 1 saturated carbocycles. The lowest BCUT2D eigenvalue weighted by Gasteiger charge is -2.36. The highest BCUT2D eigenvalue weighted by Crippen LogP contribution is 2.33. The number of hydrogen-bond donors (Lipinski definition) is 1. The summed E-state index contributed by atoms with van der Waals surface area (Å²) in [6, 6.07) is 0.373. The standard InChI is InChI=1S/C9H13NOS/c1-6-2-3-8-7(4-6)10-9(11)5-12-8/h7-8H,1-5H2,(H,10,11). The molecule has 2 fully saturated rings. The van der Waals surface area contributed by atoms with Crippen LogP contribution < -0.4 is 5.32 Å². The van der Waals surface area contributed by atoms with Crippen LogP contribution in [0.3, 0.4) is 0 Å². The fraction of sp³-hybridized carbons (Fsp3) is 0.667. The van der Waals surface area contributed by atoms with E-state index in [4.69, 9.17) is 0 Å². The maximum Gasteiger partial charge on any atom is 0.230 e. The van der Waals surface area contributed by atoms with E-state index in [-0.39, 0.29) is 5.91 Å². The minimum absolute atomic E-state index is 0.191. The number of rotatable bonds is 0. The minimum Gasteiger partial charge on any atom is -0.351 e. The molecule has 0 spiro atoms. The van der Waals surface area contributed by atoms with Gasteiger partial charge in [0.05, 0.1) is 5.75 Å². The van der Waals surface area contributed by atoms with Crippen LogP contribution in [0.1, 0.15) is 19.3 Å². The summed E-state index contributed by atoms with van der Waals surface area (Å²) < 4.78 is 0. The van der Waals surface area contributed by atoms with Crippen molar-refractivity contribution in [1.82, 2.24) is 5.32 Å². The maximum absolute atomic E-state index is 11.1. The van der Waals surface area contributed by atoms with E-state index in [2.05, 4.69) is 11.9 Å². The van der Waals surface area contributed by atoms with Gasteiger partial charge < -0.3 is 5.32 Å². The van der Waals surface area contributed by atoms with Crippen LogP contribution >= 0.6 is 11.8 Å². The molecule has 1 heterocycles. The van der Waals surface area contributed by atoms with E-state index in [0.29, 0.717) is 17.0 Å². The van der Waals surface area contributed by atoms with Crippen molar-refractivity contribution < 1.29 is 4.79 Å². The first kappa shape index (κ1) is 8.17. The third-order valence-electron chi connectivity index (χ3n) is 2.51. The van der Waals surface area contributed by atoms with E-state index in [1.807, 2.05) is 0 Å². The molecule has 12 heavy (non-hydrogen) atoms. The minimum atomic E-state index is 0.191. The molecule has 1 saturated heterocycles. The Balaban J connectivity index is 2.03. The van der Waals surface area contributed by atoms with E-state index < -0.39 is 0 Å². The summed E-state index contributed by atoms with van der Waals surface area (Å²) in [4.78, 5) is 11.1. The summed E-state index contributed by atoms with van der Waals surface area (Å²) >= 11 is 1.80. The molecule has 1 amide bonds. The monoisotopic (exact) mass is 183 g/mol. The third-order valence-corrected chi connectivity index (χ3v) is 3.94. The number of amides is 1. The molecule has 2 rings (SSSR count). The molecular formula is C9H13NOS. The van der Waals surface area contributed by atoms with Gasteiger partial charge in [0.1, 0.15) is 0 Å². The van der Waals surface area contributed by atoms with Crippen molar-refractivity contribution in [3.8, 4) is 0 Å². The lowest BCUT2D eigenvalue weighted by atomic mass is 9.91. The molecule has 1 N–H and O–H groups in total. The Morgan fingerprint density at radius 2 is 2.42 bits per heavy atom. The van der Waals surface area contributed by atoms with Crippen molar-refractivity contribution in [2.75, 3.05) is 5.75 Å². The lowest BCUT2D eigenvalue weighted by molar-refractivity contribution is -0.119. The van der Waals surface area contributed by atoms with E-state index in [1.165, 1.54) is 12.0 Å². The van der Waals surface area contributed by atoms with E-state index in [9.17, 15) is 4.79 Å². The second-order valence-electron chi connectivity index (χ2n) is 3.52. The number of hydrogen-bond acceptors (Lipinski definition) is 2. The average molecular weight is 183 g/mol. The topological polar surface area (TPSA) is 29.1 Å². The Bertz CT molecular complexity index is 205. The first-order valence-corrected chi connectivity index (χ1v) is 5.38. The number of carbonyl (C=O) groups is 1. The van der Waals surface area contributed by atoms with Crippen molar-refractivity contribution in [1.29, 1.82) is 0 Å². The number of nitrogens with one attached hydrogen (secondary N) is 1. The fourth-order valence-electron chi connectivity index (χ4n) is 1.87. The smallest absolute Gasteiger partial charge is 0.230 e. The molecule has 0 aromatic heterocycles. The highest BCUT2D eigenvalue weighted by atomic mass is 32.2. The Kier molecular flexibility index (Phi) is 2.13. The van der Waals surface area contributed by atoms with Gasteiger partial charge in [0.15, 0.2) is 0 Å².